The molecule has 0 saturated carbocycles. The maximum absolute atomic E-state index is 3.56. The van der Waals surface area contributed by atoms with E-state index < -0.39 is 0 Å². The van der Waals surface area contributed by atoms with Crippen molar-refractivity contribution in [3.63, 3.8) is 0 Å². The summed E-state index contributed by atoms with van der Waals surface area (Å²) >= 11 is 3.56. The van der Waals surface area contributed by atoms with E-state index >= 15 is 0 Å². The number of hydrogen-bond donors (Lipinski definition) is 0. The topological polar surface area (TPSA) is 0 Å². The molecule has 1 heteroatoms. The van der Waals surface area contributed by atoms with Crippen LogP contribution in [0.15, 0.2) is 114 Å². The fraction of sp³-hybridized carbons (Fsp3) is 0.0400. The Balaban J connectivity index is 1.75. The molecule has 0 unspecified atom stereocenters. The quantitative estimate of drug-likeness (QED) is 0.316. The molecule has 0 aliphatic carbocycles. The molecule has 4 rings (SSSR count). The van der Waals surface area contributed by atoms with E-state index in [1.54, 1.807) is 0 Å². The molecule has 0 saturated heterocycles. The first kappa shape index (κ1) is 16.8. The summed E-state index contributed by atoms with van der Waals surface area (Å²) in [7, 11) is 0. The maximum Gasteiger partial charge on any atom is 0.0339 e. The van der Waals surface area contributed by atoms with Gasteiger partial charge in [-0.05, 0) is 39.9 Å². The van der Waals surface area contributed by atoms with Gasteiger partial charge in [-0.1, -0.05) is 113 Å². The third kappa shape index (κ3) is 3.63. The number of rotatable bonds is 4. The molecule has 0 heterocycles. The van der Waals surface area contributed by atoms with E-state index in [2.05, 4.69) is 125 Å². The lowest BCUT2D eigenvalue weighted by molar-refractivity contribution is 0.978. The van der Waals surface area contributed by atoms with E-state index in [1.807, 2.05) is 0 Å². The molecular weight excluding hydrogens is 380 g/mol. The van der Waals surface area contributed by atoms with Gasteiger partial charge in [0.1, 0.15) is 0 Å². The van der Waals surface area contributed by atoms with Crippen LogP contribution in [0.1, 0.15) is 22.6 Å². The lowest BCUT2D eigenvalue weighted by Gasteiger charge is -2.19. The molecule has 0 N–H and O–H groups in total. The van der Waals surface area contributed by atoms with Crippen molar-refractivity contribution in [2.24, 2.45) is 0 Å². The smallest absolute Gasteiger partial charge is 0.0339 e. The molecule has 0 aromatic heterocycles. The lowest BCUT2D eigenvalue weighted by Crippen LogP contribution is -2.03. The van der Waals surface area contributed by atoms with Gasteiger partial charge in [-0.3, -0.25) is 0 Å². The Morgan fingerprint density at radius 2 is 1.00 bits per heavy atom. The van der Waals surface area contributed by atoms with Gasteiger partial charge in [-0.25, -0.2) is 0 Å². The van der Waals surface area contributed by atoms with Gasteiger partial charge in [0.2, 0.25) is 0 Å². The van der Waals surface area contributed by atoms with Crippen LogP contribution in [0, 0.1) is 0 Å². The lowest BCUT2D eigenvalue weighted by atomic mass is 9.84. The van der Waals surface area contributed by atoms with Gasteiger partial charge in [0.25, 0.3) is 0 Å². The summed E-state index contributed by atoms with van der Waals surface area (Å²) < 4.78 is 1.10. The van der Waals surface area contributed by atoms with Crippen LogP contribution < -0.4 is 0 Å². The predicted octanol–water partition coefficient (Wildman–Crippen LogP) is 7.30. The molecule has 126 valence electrons. The minimum Gasteiger partial charge on any atom is -0.0622 e. The molecule has 4 aromatic rings. The highest BCUT2D eigenvalue weighted by atomic mass is 79.9. The van der Waals surface area contributed by atoms with Crippen LogP contribution in [-0.2, 0) is 0 Å². The molecule has 0 amide bonds. The van der Waals surface area contributed by atoms with Crippen molar-refractivity contribution in [1.82, 2.24) is 0 Å². The molecule has 0 atom stereocenters. The summed E-state index contributed by atoms with van der Waals surface area (Å²) in [4.78, 5) is 0. The summed E-state index contributed by atoms with van der Waals surface area (Å²) in [5.74, 6) is 0.244. The Kier molecular flexibility index (Phi) is 4.99. The molecule has 0 radical (unpaired) electrons. The molecule has 4 aromatic carbocycles. The Morgan fingerprint density at radius 1 is 0.462 bits per heavy atom. The fourth-order valence-electron chi connectivity index (χ4n) is 3.40. The first-order chi connectivity index (χ1) is 12.8. The molecule has 0 aliphatic heterocycles. The molecular formula is C25H19Br. The third-order valence-corrected chi connectivity index (χ3v) is 5.16. The van der Waals surface area contributed by atoms with Gasteiger partial charge in [-0.2, -0.15) is 0 Å². The van der Waals surface area contributed by atoms with Crippen LogP contribution in [-0.4, -0.2) is 0 Å². The Bertz CT molecular complexity index is 934. The zero-order valence-corrected chi connectivity index (χ0v) is 15.9. The van der Waals surface area contributed by atoms with Crippen molar-refractivity contribution in [2.45, 2.75) is 5.92 Å². The van der Waals surface area contributed by atoms with E-state index in [0.717, 1.165) is 4.47 Å². The van der Waals surface area contributed by atoms with Crippen LogP contribution in [0.25, 0.3) is 11.1 Å². The van der Waals surface area contributed by atoms with E-state index in [4.69, 9.17) is 0 Å². The second kappa shape index (κ2) is 7.72. The van der Waals surface area contributed by atoms with Gasteiger partial charge in [0.05, 0.1) is 0 Å². The second-order valence-corrected chi connectivity index (χ2v) is 7.30. The van der Waals surface area contributed by atoms with Crippen molar-refractivity contribution >= 4 is 15.9 Å². The molecule has 0 bridgehead atoms. The Morgan fingerprint density at radius 3 is 1.54 bits per heavy atom. The molecule has 0 aliphatic rings. The number of hydrogen-bond acceptors (Lipinski definition) is 0. The first-order valence-electron chi connectivity index (χ1n) is 8.77. The van der Waals surface area contributed by atoms with Gasteiger partial charge >= 0.3 is 0 Å². The summed E-state index contributed by atoms with van der Waals surface area (Å²) in [6, 6.07) is 38.8. The van der Waals surface area contributed by atoms with E-state index in [1.165, 1.54) is 27.8 Å². The number of halogens is 1. The normalized spacial score (nSPS) is 10.8. The second-order valence-electron chi connectivity index (χ2n) is 6.39. The average Bonchev–Trinajstić information content (AvgIpc) is 2.70. The van der Waals surface area contributed by atoms with Crippen molar-refractivity contribution in [3.8, 4) is 11.1 Å². The van der Waals surface area contributed by atoms with Crippen molar-refractivity contribution < 1.29 is 0 Å². The SMILES string of the molecule is Brc1cccc(-c2ccc(C(c3ccccc3)c3ccccc3)cc2)c1. The highest BCUT2D eigenvalue weighted by molar-refractivity contribution is 9.10. The molecule has 26 heavy (non-hydrogen) atoms. The van der Waals surface area contributed by atoms with Crippen molar-refractivity contribution in [2.75, 3.05) is 0 Å². The summed E-state index contributed by atoms with van der Waals surface area (Å²) in [5, 5.41) is 0. The average molecular weight is 399 g/mol. The first-order valence-corrected chi connectivity index (χ1v) is 9.56. The Hall–Kier alpha value is -2.64. The maximum atomic E-state index is 3.56. The van der Waals surface area contributed by atoms with E-state index in [0.29, 0.717) is 0 Å². The summed E-state index contributed by atoms with van der Waals surface area (Å²) in [6.07, 6.45) is 0. The van der Waals surface area contributed by atoms with Gasteiger partial charge in [0.15, 0.2) is 0 Å². The largest absolute Gasteiger partial charge is 0.0622 e. The van der Waals surface area contributed by atoms with Crippen LogP contribution in [0.5, 0.6) is 0 Å². The number of benzene rings is 4. The standard InChI is InChI=1S/C25H19Br/c26-24-13-7-12-23(18-24)19-14-16-22(17-15-19)25(20-8-3-1-4-9-20)21-10-5-2-6-11-21/h1-18,25H. The molecule has 0 fully saturated rings. The highest BCUT2D eigenvalue weighted by Crippen LogP contribution is 2.33. The minimum atomic E-state index is 0.244. The summed E-state index contributed by atoms with van der Waals surface area (Å²) in [6.45, 7) is 0. The van der Waals surface area contributed by atoms with Crippen LogP contribution in [0.4, 0.5) is 0 Å². The molecule has 0 nitrogen and oxygen atoms in total. The van der Waals surface area contributed by atoms with Crippen molar-refractivity contribution in [1.29, 1.82) is 0 Å². The van der Waals surface area contributed by atoms with Crippen LogP contribution in [0.3, 0.4) is 0 Å². The monoisotopic (exact) mass is 398 g/mol. The van der Waals surface area contributed by atoms with Gasteiger partial charge in [0, 0.05) is 10.4 Å². The highest BCUT2D eigenvalue weighted by Gasteiger charge is 2.16. The van der Waals surface area contributed by atoms with Crippen LogP contribution >= 0.6 is 15.9 Å². The minimum absolute atomic E-state index is 0.244. The van der Waals surface area contributed by atoms with Gasteiger partial charge in [-0.15, -0.1) is 0 Å². The van der Waals surface area contributed by atoms with Crippen molar-refractivity contribution in [3.05, 3.63) is 130 Å². The molecule has 0 spiro atoms. The zero-order valence-electron chi connectivity index (χ0n) is 14.3. The van der Waals surface area contributed by atoms with E-state index in [-0.39, 0.29) is 5.92 Å². The summed E-state index contributed by atoms with van der Waals surface area (Å²) in [5.41, 5.74) is 6.39. The third-order valence-electron chi connectivity index (χ3n) is 4.67. The zero-order chi connectivity index (χ0) is 17.8. The Labute approximate surface area is 163 Å². The van der Waals surface area contributed by atoms with Gasteiger partial charge < -0.3 is 0 Å². The fourth-order valence-corrected chi connectivity index (χ4v) is 3.80. The van der Waals surface area contributed by atoms with Crippen LogP contribution in [0.2, 0.25) is 0 Å². The van der Waals surface area contributed by atoms with E-state index in [9.17, 15) is 0 Å². The predicted molar refractivity (Wildman–Crippen MR) is 113 cm³/mol.